The van der Waals surface area contributed by atoms with Gasteiger partial charge in [-0.2, -0.15) is 8.42 Å². The van der Waals surface area contributed by atoms with Gasteiger partial charge in [0.1, 0.15) is 5.39 Å². The number of hydrogen-bond donors (Lipinski definition) is 1. The van der Waals surface area contributed by atoms with E-state index in [1.807, 2.05) is 37.3 Å². The number of aryl methyl sites for hydroxylation is 1. The zero-order valence-electron chi connectivity index (χ0n) is 21.1. The van der Waals surface area contributed by atoms with Gasteiger partial charge in [-0.15, -0.1) is 3.89 Å². The van der Waals surface area contributed by atoms with E-state index in [4.69, 9.17) is 10.3 Å². The van der Waals surface area contributed by atoms with E-state index in [1.54, 1.807) is 22.5 Å². The monoisotopic (exact) mass is 540 g/mol. The summed E-state index contributed by atoms with van der Waals surface area (Å²) >= 11 is 0. The SMILES string of the molecule is CCC(c1cc2onc(C)c2c(=O)n1Cc1ccccc1)N(CCCN)C(=O)c1ccc(S(=O)(=O)F)cc1. The molecule has 1 amide bonds. The third-order valence-corrected chi connectivity index (χ3v) is 7.31. The molecule has 9 nitrogen and oxygen atoms in total. The third-order valence-electron chi connectivity index (χ3n) is 6.47. The van der Waals surface area contributed by atoms with Gasteiger partial charge in [-0.25, -0.2) is 0 Å². The molecule has 200 valence electrons. The van der Waals surface area contributed by atoms with Crippen molar-refractivity contribution in [1.82, 2.24) is 14.6 Å². The van der Waals surface area contributed by atoms with Crippen LogP contribution in [0.5, 0.6) is 0 Å². The fraction of sp³-hybridized carbons (Fsp3) is 0.296. The Hall–Kier alpha value is -3.83. The van der Waals surface area contributed by atoms with Crippen molar-refractivity contribution in [2.45, 2.75) is 44.2 Å². The highest BCUT2D eigenvalue weighted by atomic mass is 32.3. The largest absolute Gasteiger partial charge is 0.356 e. The molecule has 2 N–H and O–H groups in total. The van der Waals surface area contributed by atoms with Crippen molar-refractivity contribution in [3.63, 3.8) is 0 Å². The first-order valence-electron chi connectivity index (χ1n) is 12.2. The second-order valence-electron chi connectivity index (χ2n) is 8.98. The molecule has 0 spiro atoms. The van der Waals surface area contributed by atoms with E-state index in [0.29, 0.717) is 41.7 Å². The number of nitrogens with zero attached hydrogens (tertiary/aromatic N) is 3. The zero-order chi connectivity index (χ0) is 27.4. The molecular weight excluding hydrogens is 511 g/mol. The Morgan fingerprint density at radius 1 is 1.16 bits per heavy atom. The molecule has 0 bridgehead atoms. The van der Waals surface area contributed by atoms with Gasteiger partial charge in [-0.3, -0.25) is 9.59 Å². The smallest absolute Gasteiger partial charge is 0.332 e. The molecule has 0 aliphatic heterocycles. The standard InChI is InChI=1S/C27H29FN4O5S/c1-3-22(31(15-7-14-29)26(33)20-10-12-21(13-11-20)38(28,35)36)23-16-24-25(18(2)30-37-24)27(34)32(23)17-19-8-5-4-6-9-19/h4-6,8-13,16,22H,3,7,14-15,17,29H2,1-2H3. The summed E-state index contributed by atoms with van der Waals surface area (Å²) in [7, 11) is -4.90. The predicted molar refractivity (Wildman–Crippen MR) is 141 cm³/mol. The molecule has 38 heavy (non-hydrogen) atoms. The number of benzene rings is 2. The van der Waals surface area contributed by atoms with Crippen LogP contribution in [0.15, 0.2) is 74.9 Å². The quantitative estimate of drug-likeness (QED) is 0.302. The van der Waals surface area contributed by atoms with Crippen molar-refractivity contribution >= 4 is 27.1 Å². The lowest BCUT2D eigenvalue weighted by molar-refractivity contribution is 0.0660. The topological polar surface area (TPSA) is 128 Å². The summed E-state index contributed by atoms with van der Waals surface area (Å²) in [6.07, 6.45) is 0.950. The summed E-state index contributed by atoms with van der Waals surface area (Å²) in [5.74, 6) is -0.402. The molecule has 0 aliphatic rings. The number of halogens is 1. The van der Waals surface area contributed by atoms with Crippen molar-refractivity contribution in [2.75, 3.05) is 13.1 Å². The van der Waals surface area contributed by atoms with Crippen LogP contribution in [0.4, 0.5) is 3.89 Å². The minimum atomic E-state index is -4.90. The summed E-state index contributed by atoms with van der Waals surface area (Å²) in [4.78, 5) is 28.5. The van der Waals surface area contributed by atoms with Crippen LogP contribution >= 0.6 is 0 Å². The number of amides is 1. The van der Waals surface area contributed by atoms with Crippen molar-refractivity contribution in [3.8, 4) is 0 Å². The van der Waals surface area contributed by atoms with E-state index in [9.17, 15) is 21.9 Å². The summed E-state index contributed by atoms with van der Waals surface area (Å²) in [5, 5.41) is 4.35. The molecule has 0 aliphatic carbocycles. The first-order valence-corrected chi connectivity index (χ1v) is 13.6. The first-order chi connectivity index (χ1) is 18.2. The van der Waals surface area contributed by atoms with Crippen molar-refractivity contribution in [1.29, 1.82) is 0 Å². The lowest BCUT2D eigenvalue weighted by Gasteiger charge is -2.33. The molecule has 2 heterocycles. The molecule has 4 rings (SSSR count). The highest BCUT2D eigenvalue weighted by Crippen LogP contribution is 2.29. The summed E-state index contributed by atoms with van der Waals surface area (Å²) < 4.78 is 42.9. The number of pyridine rings is 1. The van der Waals surface area contributed by atoms with Crippen LogP contribution in [-0.2, 0) is 16.8 Å². The number of aromatic nitrogens is 2. The highest BCUT2D eigenvalue weighted by Gasteiger charge is 2.29. The average Bonchev–Trinajstić information content (AvgIpc) is 3.28. The molecule has 0 fully saturated rings. The number of hydrogen-bond acceptors (Lipinski definition) is 7. The molecule has 1 atom stereocenters. The minimum absolute atomic E-state index is 0.182. The maximum absolute atomic E-state index is 13.7. The number of fused-ring (bicyclic) bond motifs is 1. The van der Waals surface area contributed by atoms with Gasteiger partial charge < -0.3 is 19.7 Å². The van der Waals surface area contributed by atoms with E-state index in [2.05, 4.69) is 5.16 Å². The Morgan fingerprint density at radius 2 is 1.84 bits per heavy atom. The molecule has 0 saturated carbocycles. The van der Waals surface area contributed by atoms with Gasteiger partial charge in [-0.05, 0) is 56.1 Å². The fourth-order valence-electron chi connectivity index (χ4n) is 4.59. The van der Waals surface area contributed by atoms with E-state index in [0.717, 1.165) is 17.7 Å². The van der Waals surface area contributed by atoms with E-state index in [-0.39, 0.29) is 24.2 Å². The Balaban J connectivity index is 1.84. The van der Waals surface area contributed by atoms with Crippen LogP contribution in [0.3, 0.4) is 0 Å². The average molecular weight is 541 g/mol. The van der Waals surface area contributed by atoms with Crippen LogP contribution in [0.25, 0.3) is 11.0 Å². The van der Waals surface area contributed by atoms with Crippen LogP contribution in [-0.4, -0.2) is 42.0 Å². The fourth-order valence-corrected chi connectivity index (χ4v) is 5.05. The summed E-state index contributed by atoms with van der Waals surface area (Å²) in [6, 6.07) is 15.4. The van der Waals surface area contributed by atoms with Gasteiger partial charge in [0.05, 0.1) is 23.2 Å². The van der Waals surface area contributed by atoms with E-state index in [1.165, 1.54) is 12.1 Å². The molecule has 4 aromatic rings. The molecule has 0 radical (unpaired) electrons. The normalized spacial score (nSPS) is 12.5. The number of carbonyl (C=O) groups excluding carboxylic acids is 1. The number of rotatable bonds is 10. The second kappa shape index (κ2) is 11.3. The lowest BCUT2D eigenvalue weighted by Crippen LogP contribution is -2.39. The van der Waals surface area contributed by atoms with Crippen molar-refractivity contribution in [3.05, 3.63) is 93.5 Å². The Morgan fingerprint density at radius 3 is 2.45 bits per heavy atom. The maximum Gasteiger partial charge on any atom is 0.332 e. The molecule has 2 aromatic carbocycles. The summed E-state index contributed by atoms with van der Waals surface area (Å²) in [5.41, 5.74) is 7.96. The maximum atomic E-state index is 13.7. The van der Waals surface area contributed by atoms with Crippen molar-refractivity contribution < 1.29 is 21.6 Å². The summed E-state index contributed by atoms with van der Waals surface area (Å²) in [6.45, 7) is 4.49. The Bertz CT molecular complexity index is 1600. The Kier molecular flexibility index (Phi) is 8.08. The highest BCUT2D eigenvalue weighted by molar-refractivity contribution is 7.86. The first kappa shape index (κ1) is 27.2. The third kappa shape index (κ3) is 5.53. The van der Waals surface area contributed by atoms with Gasteiger partial charge in [0.25, 0.3) is 11.5 Å². The number of carbonyl (C=O) groups is 1. The predicted octanol–water partition coefficient (Wildman–Crippen LogP) is 3.95. The van der Waals surface area contributed by atoms with Gasteiger partial charge >= 0.3 is 10.2 Å². The van der Waals surface area contributed by atoms with E-state index >= 15 is 0 Å². The van der Waals surface area contributed by atoms with E-state index < -0.39 is 27.1 Å². The molecule has 1 unspecified atom stereocenters. The van der Waals surface area contributed by atoms with Crippen LogP contribution in [0.1, 0.15) is 53.1 Å². The molecular formula is C27H29FN4O5S. The van der Waals surface area contributed by atoms with Gasteiger partial charge in [0, 0.05) is 23.9 Å². The lowest BCUT2D eigenvalue weighted by atomic mass is 10.0. The molecule has 0 saturated heterocycles. The van der Waals surface area contributed by atoms with Gasteiger partial charge in [0.2, 0.25) is 0 Å². The van der Waals surface area contributed by atoms with Gasteiger partial charge in [-0.1, -0.05) is 42.4 Å². The number of nitrogens with two attached hydrogens (primary N) is 1. The van der Waals surface area contributed by atoms with Crippen molar-refractivity contribution in [2.24, 2.45) is 5.73 Å². The second-order valence-corrected chi connectivity index (χ2v) is 10.3. The van der Waals surface area contributed by atoms with Gasteiger partial charge in [0.15, 0.2) is 5.58 Å². The van der Waals surface area contributed by atoms with Crippen LogP contribution < -0.4 is 11.3 Å². The molecule has 2 aromatic heterocycles. The zero-order valence-corrected chi connectivity index (χ0v) is 21.9. The Labute approximate surface area is 219 Å². The molecule has 11 heteroatoms. The minimum Gasteiger partial charge on any atom is -0.356 e. The van der Waals surface area contributed by atoms with Crippen LogP contribution in [0.2, 0.25) is 0 Å². The van der Waals surface area contributed by atoms with Crippen LogP contribution in [0, 0.1) is 6.92 Å².